The molecule has 0 aliphatic heterocycles. The highest BCUT2D eigenvalue weighted by atomic mass is 16.1. The van der Waals surface area contributed by atoms with Gasteiger partial charge in [-0.1, -0.05) is 76.5 Å². The molecule has 23 heavy (non-hydrogen) atoms. The van der Waals surface area contributed by atoms with Crippen molar-refractivity contribution in [2.24, 2.45) is 0 Å². The van der Waals surface area contributed by atoms with Gasteiger partial charge in [0, 0.05) is 0 Å². The van der Waals surface area contributed by atoms with E-state index in [1.165, 1.54) is 83.1 Å². The van der Waals surface area contributed by atoms with Crippen molar-refractivity contribution in [3.05, 3.63) is 24.3 Å². The van der Waals surface area contributed by atoms with Crippen molar-refractivity contribution in [3.8, 4) is 12.3 Å². The molecular weight excluding hydrogens is 280 g/mol. The van der Waals surface area contributed by atoms with E-state index in [4.69, 9.17) is 6.42 Å². The summed E-state index contributed by atoms with van der Waals surface area (Å²) in [6, 6.07) is 0. The number of ketones is 1. The standard InChI is InChI=1S/C22H36O/c1-3-5-6-7-8-9-10-11-12-13-14-15-16-17-18-19-20-21-22(23)4-2/h2,9-10,20-21H,3,5-8,11-19H2,1H3/b10-9-,21-20+. The Bertz CT molecular complexity index is 357. The first kappa shape index (κ1) is 21.7. The predicted octanol–water partition coefficient (Wildman–Crippen LogP) is 6.78. The molecule has 0 radical (unpaired) electrons. The van der Waals surface area contributed by atoms with Gasteiger partial charge in [-0.3, -0.25) is 4.79 Å². The van der Waals surface area contributed by atoms with Crippen molar-refractivity contribution in [1.29, 1.82) is 0 Å². The lowest BCUT2D eigenvalue weighted by Crippen LogP contribution is -1.84. The van der Waals surface area contributed by atoms with E-state index < -0.39 is 0 Å². The zero-order valence-corrected chi connectivity index (χ0v) is 15.2. The highest BCUT2D eigenvalue weighted by Crippen LogP contribution is 2.10. The molecular formula is C22H36O. The quantitative estimate of drug-likeness (QED) is 0.101. The molecule has 0 aromatic carbocycles. The lowest BCUT2D eigenvalue weighted by molar-refractivity contribution is -0.109. The molecule has 0 aromatic rings. The van der Waals surface area contributed by atoms with Gasteiger partial charge in [0.15, 0.2) is 0 Å². The van der Waals surface area contributed by atoms with Crippen LogP contribution in [0.1, 0.15) is 96.8 Å². The molecule has 0 heterocycles. The molecule has 0 aromatic heterocycles. The summed E-state index contributed by atoms with van der Waals surface area (Å²) >= 11 is 0. The van der Waals surface area contributed by atoms with Crippen molar-refractivity contribution in [2.75, 3.05) is 0 Å². The van der Waals surface area contributed by atoms with Gasteiger partial charge in [0.1, 0.15) is 0 Å². The minimum Gasteiger partial charge on any atom is -0.280 e. The van der Waals surface area contributed by atoms with Crippen molar-refractivity contribution in [3.63, 3.8) is 0 Å². The van der Waals surface area contributed by atoms with Crippen LogP contribution < -0.4 is 0 Å². The first-order valence-electron chi connectivity index (χ1n) is 9.63. The van der Waals surface area contributed by atoms with Gasteiger partial charge in [-0.05, 0) is 50.5 Å². The second kappa shape index (κ2) is 18.8. The Hall–Kier alpha value is -1.29. The topological polar surface area (TPSA) is 17.1 Å². The molecule has 0 rings (SSSR count). The van der Waals surface area contributed by atoms with Crippen LogP contribution >= 0.6 is 0 Å². The van der Waals surface area contributed by atoms with E-state index in [9.17, 15) is 4.79 Å². The zero-order chi connectivity index (χ0) is 17.0. The first-order valence-corrected chi connectivity index (χ1v) is 9.63. The Kier molecular flexibility index (Phi) is 17.7. The SMILES string of the molecule is C#CC(=O)/C=C/CCCCCCCCC/C=C\CCCCCC. The van der Waals surface area contributed by atoms with Crippen LogP contribution in [0.5, 0.6) is 0 Å². The molecule has 0 N–H and O–H groups in total. The number of carbonyl (C=O) groups excluding carboxylic acids is 1. The molecule has 130 valence electrons. The molecule has 0 aliphatic rings. The second-order valence-corrected chi connectivity index (χ2v) is 6.28. The lowest BCUT2D eigenvalue weighted by atomic mass is 10.1. The number of hydrogen-bond donors (Lipinski definition) is 0. The highest BCUT2D eigenvalue weighted by Gasteiger charge is 1.92. The van der Waals surface area contributed by atoms with Gasteiger partial charge in [-0.15, -0.1) is 6.42 Å². The number of allylic oxidation sites excluding steroid dienone is 4. The number of rotatable bonds is 16. The van der Waals surface area contributed by atoms with Crippen molar-refractivity contribution in [1.82, 2.24) is 0 Å². The zero-order valence-electron chi connectivity index (χ0n) is 15.2. The number of carbonyl (C=O) groups is 1. The Morgan fingerprint density at radius 3 is 1.65 bits per heavy atom. The Morgan fingerprint density at radius 2 is 1.17 bits per heavy atom. The Balaban J connectivity index is 3.16. The van der Waals surface area contributed by atoms with Crippen LogP contribution in [0.15, 0.2) is 24.3 Å². The highest BCUT2D eigenvalue weighted by molar-refractivity contribution is 6.03. The minimum absolute atomic E-state index is 0.222. The van der Waals surface area contributed by atoms with Crippen LogP contribution in [0.25, 0.3) is 0 Å². The fourth-order valence-corrected chi connectivity index (χ4v) is 2.57. The number of unbranched alkanes of at least 4 members (excludes halogenated alkanes) is 12. The fourth-order valence-electron chi connectivity index (χ4n) is 2.57. The van der Waals surface area contributed by atoms with Gasteiger partial charge in [0.25, 0.3) is 0 Å². The first-order chi connectivity index (χ1) is 11.3. The number of terminal acetylenes is 1. The molecule has 0 spiro atoms. The molecule has 0 saturated carbocycles. The summed E-state index contributed by atoms with van der Waals surface area (Å²) in [4.78, 5) is 10.8. The summed E-state index contributed by atoms with van der Waals surface area (Å²) in [5, 5.41) is 0. The fraction of sp³-hybridized carbons (Fsp3) is 0.682. The van der Waals surface area contributed by atoms with Crippen LogP contribution in [0, 0.1) is 12.3 Å². The van der Waals surface area contributed by atoms with E-state index in [1.807, 2.05) is 6.08 Å². The van der Waals surface area contributed by atoms with Crippen LogP contribution in [0.3, 0.4) is 0 Å². The largest absolute Gasteiger partial charge is 0.280 e. The van der Waals surface area contributed by atoms with E-state index in [0.717, 1.165) is 12.8 Å². The normalized spacial score (nSPS) is 11.3. The molecule has 0 amide bonds. The molecule has 0 aliphatic carbocycles. The smallest absolute Gasteiger partial charge is 0.228 e. The molecule has 0 saturated heterocycles. The molecule has 0 atom stereocenters. The van der Waals surface area contributed by atoms with Gasteiger partial charge in [0.05, 0.1) is 0 Å². The van der Waals surface area contributed by atoms with E-state index in [1.54, 1.807) is 0 Å². The molecule has 0 fully saturated rings. The summed E-state index contributed by atoms with van der Waals surface area (Å²) in [7, 11) is 0. The predicted molar refractivity (Wildman–Crippen MR) is 102 cm³/mol. The summed E-state index contributed by atoms with van der Waals surface area (Å²) in [6.45, 7) is 2.26. The van der Waals surface area contributed by atoms with E-state index in [2.05, 4.69) is 25.0 Å². The average Bonchev–Trinajstić information content (AvgIpc) is 2.57. The van der Waals surface area contributed by atoms with Crippen LogP contribution in [-0.2, 0) is 4.79 Å². The van der Waals surface area contributed by atoms with E-state index in [-0.39, 0.29) is 5.78 Å². The third-order valence-corrected chi connectivity index (χ3v) is 4.04. The molecule has 0 unspecified atom stereocenters. The average molecular weight is 317 g/mol. The van der Waals surface area contributed by atoms with Gasteiger partial charge in [0.2, 0.25) is 5.78 Å². The van der Waals surface area contributed by atoms with Crippen molar-refractivity contribution in [2.45, 2.75) is 96.8 Å². The Morgan fingerprint density at radius 1 is 0.739 bits per heavy atom. The van der Waals surface area contributed by atoms with Gasteiger partial charge in [-0.2, -0.15) is 0 Å². The molecule has 1 heteroatoms. The van der Waals surface area contributed by atoms with Gasteiger partial charge >= 0.3 is 0 Å². The second-order valence-electron chi connectivity index (χ2n) is 6.28. The van der Waals surface area contributed by atoms with Gasteiger partial charge in [-0.25, -0.2) is 0 Å². The summed E-state index contributed by atoms with van der Waals surface area (Å²) in [5.41, 5.74) is 0. The lowest BCUT2D eigenvalue weighted by Gasteiger charge is -2.00. The maximum Gasteiger partial charge on any atom is 0.228 e. The maximum atomic E-state index is 10.8. The molecule has 1 nitrogen and oxygen atoms in total. The van der Waals surface area contributed by atoms with E-state index in [0.29, 0.717) is 0 Å². The molecule has 0 bridgehead atoms. The van der Waals surface area contributed by atoms with Crippen LogP contribution in [0.2, 0.25) is 0 Å². The summed E-state index contributed by atoms with van der Waals surface area (Å²) in [6.07, 6.45) is 31.2. The van der Waals surface area contributed by atoms with Gasteiger partial charge < -0.3 is 0 Å². The van der Waals surface area contributed by atoms with Crippen LogP contribution in [-0.4, -0.2) is 5.78 Å². The summed E-state index contributed by atoms with van der Waals surface area (Å²) < 4.78 is 0. The van der Waals surface area contributed by atoms with E-state index >= 15 is 0 Å². The minimum atomic E-state index is -0.222. The Labute approximate surface area is 144 Å². The number of hydrogen-bond acceptors (Lipinski definition) is 1. The van der Waals surface area contributed by atoms with Crippen LogP contribution in [0.4, 0.5) is 0 Å². The van der Waals surface area contributed by atoms with Crippen molar-refractivity contribution < 1.29 is 4.79 Å². The maximum absolute atomic E-state index is 10.8. The monoisotopic (exact) mass is 316 g/mol. The third-order valence-electron chi connectivity index (χ3n) is 4.04. The third kappa shape index (κ3) is 18.7. The van der Waals surface area contributed by atoms with Crippen molar-refractivity contribution >= 4 is 5.78 Å². The summed E-state index contributed by atoms with van der Waals surface area (Å²) in [5.74, 6) is 1.87.